The third-order valence-electron chi connectivity index (χ3n) is 3.83. The van der Waals surface area contributed by atoms with E-state index in [1.54, 1.807) is 36.2 Å². The van der Waals surface area contributed by atoms with Crippen molar-refractivity contribution in [1.29, 1.82) is 0 Å². The number of rotatable bonds is 4. The maximum atomic E-state index is 12.8. The van der Waals surface area contributed by atoms with Gasteiger partial charge in [-0.05, 0) is 18.6 Å². The summed E-state index contributed by atoms with van der Waals surface area (Å²) in [5.74, 6) is 1.24. The van der Waals surface area contributed by atoms with E-state index in [2.05, 4.69) is 9.97 Å². The van der Waals surface area contributed by atoms with Crippen LogP contribution >= 0.6 is 0 Å². The minimum absolute atomic E-state index is 0.0470. The zero-order valence-corrected chi connectivity index (χ0v) is 12.2. The molecule has 0 amide bonds. The third kappa shape index (κ3) is 2.86. The van der Waals surface area contributed by atoms with E-state index >= 15 is 0 Å². The highest BCUT2D eigenvalue weighted by Gasteiger charge is 2.30. The molecule has 22 heavy (non-hydrogen) atoms. The van der Waals surface area contributed by atoms with Crippen LogP contribution in [-0.4, -0.2) is 41.0 Å². The van der Waals surface area contributed by atoms with Gasteiger partial charge in [0.05, 0.1) is 12.7 Å². The van der Waals surface area contributed by atoms with Crippen molar-refractivity contribution < 1.29 is 18.3 Å². The van der Waals surface area contributed by atoms with Crippen molar-refractivity contribution in [1.82, 2.24) is 14.5 Å². The molecule has 1 fully saturated rings. The molecule has 2 unspecified atom stereocenters. The molecule has 118 valence electrons. The van der Waals surface area contributed by atoms with Crippen molar-refractivity contribution in [2.75, 3.05) is 20.3 Å². The van der Waals surface area contributed by atoms with E-state index in [9.17, 15) is 8.78 Å². The fourth-order valence-corrected chi connectivity index (χ4v) is 2.72. The standard InChI is InChI=1S/C15H17F2N3O2/c1-21-12-9-22-8-5-10(12)15-18-6-7-20(15)13-4-2-3-11(19-13)14(16)17/h2-4,6-7,10,12,14H,5,8-9H2,1H3. The van der Waals surface area contributed by atoms with Gasteiger partial charge in [0.25, 0.3) is 6.43 Å². The average molecular weight is 309 g/mol. The predicted molar refractivity (Wildman–Crippen MR) is 75.3 cm³/mol. The third-order valence-corrected chi connectivity index (χ3v) is 3.83. The summed E-state index contributed by atoms with van der Waals surface area (Å²) >= 11 is 0. The lowest BCUT2D eigenvalue weighted by molar-refractivity contribution is -0.0454. The van der Waals surface area contributed by atoms with Crippen molar-refractivity contribution in [3.63, 3.8) is 0 Å². The summed E-state index contributed by atoms with van der Waals surface area (Å²) in [5.41, 5.74) is -0.243. The van der Waals surface area contributed by atoms with Gasteiger partial charge in [0, 0.05) is 32.0 Å². The molecule has 0 aromatic carbocycles. The first kappa shape index (κ1) is 15.1. The van der Waals surface area contributed by atoms with E-state index in [4.69, 9.17) is 9.47 Å². The highest BCUT2D eigenvalue weighted by molar-refractivity contribution is 5.28. The molecule has 0 aliphatic carbocycles. The van der Waals surface area contributed by atoms with Crippen LogP contribution in [0.25, 0.3) is 5.82 Å². The van der Waals surface area contributed by atoms with E-state index in [1.807, 2.05) is 0 Å². The Morgan fingerprint density at radius 1 is 1.41 bits per heavy atom. The Morgan fingerprint density at radius 3 is 3.05 bits per heavy atom. The number of halogens is 2. The number of nitrogens with zero attached hydrogens (tertiary/aromatic N) is 3. The zero-order chi connectivity index (χ0) is 15.5. The van der Waals surface area contributed by atoms with Gasteiger partial charge in [-0.1, -0.05) is 6.07 Å². The number of aromatic nitrogens is 3. The van der Waals surface area contributed by atoms with Crippen LogP contribution in [0, 0.1) is 0 Å². The maximum Gasteiger partial charge on any atom is 0.280 e. The fraction of sp³-hybridized carbons (Fsp3) is 0.467. The molecule has 7 heteroatoms. The normalized spacial score (nSPS) is 22.2. The van der Waals surface area contributed by atoms with Gasteiger partial charge in [0.1, 0.15) is 17.3 Å². The van der Waals surface area contributed by atoms with Gasteiger partial charge in [0.15, 0.2) is 0 Å². The topological polar surface area (TPSA) is 49.2 Å². The number of ether oxygens (including phenoxy) is 2. The SMILES string of the molecule is COC1COCCC1c1nccn1-c1cccc(C(F)F)n1. The first-order chi connectivity index (χ1) is 10.7. The molecule has 0 saturated carbocycles. The van der Waals surface area contributed by atoms with Gasteiger partial charge in [-0.25, -0.2) is 18.7 Å². The summed E-state index contributed by atoms with van der Waals surface area (Å²) < 4.78 is 38.3. The van der Waals surface area contributed by atoms with Crippen molar-refractivity contribution in [2.45, 2.75) is 24.9 Å². The first-order valence-electron chi connectivity index (χ1n) is 7.10. The molecule has 0 spiro atoms. The second-order valence-electron chi connectivity index (χ2n) is 5.12. The van der Waals surface area contributed by atoms with E-state index in [-0.39, 0.29) is 17.7 Å². The summed E-state index contributed by atoms with van der Waals surface area (Å²) in [5, 5.41) is 0. The van der Waals surface area contributed by atoms with Crippen LogP contribution in [0.3, 0.4) is 0 Å². The van der Waals surface area contributed by atoms with Gasteiger partial charge >= 0.3 is 0 Å². The Bertz CT molecular complexity index is 633. The highest BCUT2D eigenvalue weighted by Crippen LogP contribution is 2.29. The van der Waals surface area contributed by atoms with Crippen LogP contribution in [0.2, 0.25) is 0 Å². The molecule has 3 rings (SSSR count). The van der Waals surface area contributed by atoms with Crippen LogP contribution in [0.5, 0.6) is 0 Å². The zero-order valence-electron chi connectivity index (χ0n) is 12.2. The second kappa shape index (κ2) is 6.50. The van der Waals surface area contributed by atoms with E-state index in [0.717, 1.165) is 12.2 Å². The summed E-state index contributed by atoms with van der Waals surface area (Å²) in [6.45, 7) is 1.13. The summed E-state index contributed by atoms with van der Waals surface area (Å²) in [7, 11) is 1.63. The van der Waals surface area contributed by atoms with Gasteiger partial charge in [-0.3, -0.25) is 4.57 Å². The van der Waals surface area contributed by atoms with Gasteiger partial charge < -0.3 is 9.47 Å². The van der Waals surface area contributed by atoms with Crippen molar-refractivity contribution in [2.24, 2.45) is 0 Å². The molecular weight excluding hydrogens is 292 g/mol. The molecule has 1 saturated heterocycles. The molecule has 2 aromatic rings. The molecule has 1 aliphatic heterocycles. The monoisotopic (exact) mass is 309 g/mol. The van der Waals surface area contributed by atoms with Crippen LogP contribution in [0.1, 0.15) is 30.3 Å². The fourth-order valence-electron chi connectivity index (χ4n) is 2.72. The average Bonchev–Trinajstić information content (AvgIpc) is 3.04. The van der Waals surface area contributed by atoms with E-state index in [0.29, 0.717) is 19.0 Å². The number of methoxy groups -OCH3 is 1. The Kier molecular flexibility index (Phi) is 4.44. The lowest BCUT2D eigenvalue weighted by Gasteiger charge is -2.30. The van der Waals surface area contributed by atoms with E-state index in [1.165, 1.54) is 6.07 Å². The lowest BCUT2D eigenvalue weighted by Crippen LogP contribution is -2.34. The van der Waals surface area contributed by atoms with Crippen molar-refractivity contribution in [3.8, 4) is 5.82 Å². The van der Waals surface area contributed by atoms with Crippen molar-refractivity contribution in [3.05, 3.63) is 42.1 Å². The largest absolute Gasteiger partial charge is 0.379 e. The second-order valence-corrected chi connectivity index (χ2v) is 5.12. The molecule has 0 bridgehead atoms. The van der Waals surface area contributed by atoms with Gasteiger partial charge in [-0.15, -0.1) is 0 Å². The summed E-state index contributed by atoms with van der Waals surface area (Å²) in [4.78, 5) is 8.41. The molecule has 2 atom stereocenters. The minimum atomic E-state index is -2.60. The lowest BCUT2D eigenvalue weighted by atomic mass is 9.96. The first-order valence-corrected chi connectivity index (χ1v) is 7.10. The number of imidazole rings is 1. The molecule has 5 nitrogen and oxygen atoms in total. The molecule has 0 radical (unpaired) electrons. The Balaban J connectivity index is 1.96. The van der Waals surface area contributed by atoms with Crippen LogP contribution in [0.15, 0.2) is 30.6 Å². The Morgan fingerprint density at radius 2 is 2.27 bits per heavy atom. The number of pyridine rings is 1. The molecule has 0 N–H and O–H groups in total. The van der Waals surface area contributed by atoms with Gasteiger partial charge in [0.2, 0.25) is 0 Å². The molecule has 2 aromatic heterocycles. The predicted octanol–water partition coefficient (Wildman–Crippen LogP) is 2.72. The highest BCUT2D eigenvalue weighted by atomic mass is 19.3. The van der Waals surface area contributed by atoms with E-state index < -0.39 is 6.43 Å². The minimum Gasteiger partial charge on any atom is -0.379 e. The Labute approximate surface area is 126 Å². The quantitative estimate of drug-likeness (QED) is 0.871. The summed E-state index contributed by atoms with van der Waals surface area (Å²) in [6, 6.07) is 4.58. The smallest absolute Gasteiger partial charge is 0.280 e. The van der Waals surface area contributed by atoms with Crippen LogP contribution in [0.4, 0.5) is 8.78 Å². The van der Waals surface area contributed by atoms with Crippen LogP contribution < -0.4 is 0 Å². The molecular formula is C15H17F2N3O2. The van der Waals surface area contributed by atoms with Crippen molar-refractivity contribution >= 4 is 0 Å². The number of alkyl halides is 2. The summed E-state index contributed by atoms with van der Waals surface area (Å²) in [6.07, 6.45) is 1.45. The maximum absolute atomic E-state index is 12.8. The molecule has 3 heterocycles. The number of hydrogen-bond donors (Lipinski definition) is 0. The number of hydrogen-bond acceptors (Lipinski definition) is 4. The molecule has 1 aliphatic rings. The Hall–Kier alpha value is -1.86. The van der Waals surface area contributed by atoms with Gasteiger partial charge in [-0.2, -0.15) is 0 Å². The van der Waals surface area contributed by atoms with Crippen LogP contribution in [-0.2, 0) is 9.47 Å².